The van der Waals surface area contributed by atoms with Gasteiger partial charge in [0.05, 0.1) is 12.2 Å². The lowest BCUT2D eigenvalue weighted by atomic mass is 10.2. The second kappa shape index (κ2) is 7.13. The first kappa shape index (κ1) is 16.6. The summed E-state index contributed by atoms with van der Waals surface area (Å²) >= 11 is 0. The molecule has 1 aromatic carbocycles. The Balaban J connectivity index is 1.49. The Morgan fingerprint density at radius 3 is 2.33 bits per heavy atom. The molecule has 1 fully saturated rings. The molecule has 2 aromatic rings. The Kier molecular flexibility index (Phi) is 4.94. The molecule has 2 heterocycles. The van der Waals surface area contributed by atoms with Crippen LogP contribution < -0.4 is 0 Å². The van der Waals surface area contributed by atoms with Gasteiger partial charge in [0.25, 0.3) is 5.91 Å². The predicted molar refractivity (Wildman–Crippen MR) is 90.4 cm³/mol. The van der Waals surface area contributed by atoms with Gasteiger partial charge in [0.15, 0.2) is 0 Å². The third kappa shape index (κ3) is 3.82. The van der Waals surface area contributed by atoms with Crippen LogP contribution in [-0.2, 0) is 6.54 Å². The smallest absolute Gasteiger partial charge is 0.253 e. The van der Waals surface area contributed by atoms with E-state index in [9.17, 15) is 9.18 Å². The number of nitrogens with zero attached hydrogens (tertiary/aromatic N) is 4. The summed E-state index contributed by atoms with van der Waals surface area (Å²) in [6.07, 6.45) is 0. The zero-order valence-electron chi connectivity index (χ0n) is 14.2. The van der Waals surface area contributed by atoms with Crippen LogP contribution in [0.1, 0.15) is 21.7 Å². The van der Waals surface area contributed by atoms with Gasteiger partial charge in [-0.3, -0.25) is 14.4 Å². The summed E-state index contributed by atoms with van der Waals surface area (Å²) in [5, 5.41) is 4.48. The normalized spacial score (nSPS) is 15.7. The third-order valence-electron chi connectivity index (χ3n) is 4.48. The summed E-state index contributed by atoms with van der Waals surface area (Å²) in [5.41, 5.74) is 2.77. The van der Waals surface area contributed by atoms with Gasteiger partial charge in [-0.2, -0.15) is 5.10 Å². The molecule has 3 rings (SSSR count). The molecule has 6 heteroatoms. The Morgan fingerprint density at radius 1 is 1.08 bits per heavy atom. The van der Waals surface area contributed by atoms with E-state index in [1.54, 1.807) is 12.1 Å². The molecule has 0 aliphatic carbocycles. The van der Waals surface area contributed by atoms with Crippen molar-refractivity contribution in [1.82, 2.24) is 19.6 Å². The van der Waals surface area contributed by atoms with Crippen LogP contribution in [0, 0.1) is 19.7 Å². The molecule has 128 valence electrons. The van der Waals surface area contributed by atoms with E-state index in [0.29, 0.717) is 18.7 Å². The van der Waals surface area contributed by atoms with Crippen molar-refractivity contribution in [2.75, 3.05) is 32.7 Å². The first-order valence-electron chi connectivity index (χ1n) is 8.31. The number of hydrogen-bond donors (Lipinski definition) is 0. The molecule has 1 aliphatic rings. The highest BCUT2D eigenvalue weighted by Crippen LogP contribution is 2.10. The number of halogens is 1. The fraction of sp³-hybridized carbons (Fsp3) is 0.444. The topological polar surface area (TPSA) is 41.4 Å². The molecule has 1 amide bonds. The Morgan fingerprint density at radius 2 is 1.75 bits per heavy atom. The van der Waals surface area contributed by atoms with E-state index >= 15 is 0 Å². The largest absolute Gasteiger partial charge is 0.336 e. The van der Waals surface area contributed by atoms with E-state index in [0.717, 1.165) is 31.9 Å². The number of aryl methyl sites for hydroxylation is 2. The maximum absolute atomic E-state index is 13.0. The highest BCUT2D eigenvalue weighted by atomic mass is 19.1. The minimum Gasteiger partial charge on any atom is -0.336 e. The van der Waals surface area contributed by atoms with Gasteiger partial charge in [-0.15, -0.1) is 0 Å². The average Bonchev–Trinajstić information content (AvgIpc) is 2.91. The number of amides is 1. The average molecular weight is 330 g/mol. The first-order valence-corrected chi connectivity index (χ1v) is 8.31. The predicted octanol–water partition coefficient (Wildman–Crippen LogP) is 2.10. The highest BCUT2D eigenvalue weighted by Gasteiger charge is 2.22. The van der Waals surface area contributed by atoms with E-state index < -0.39 is 0 Å². The highest BCUT2D eigenvalue weighted by molar-refractivity contribution is 5.94. The van der Waals surface area contributed by atoms with Gasteiger partial charge in [-0.1, -0.05) is 0 Å². The standard InChI is InChI=1S/C18H23FN4O/c1-14-13-15(2)23(20-14)12-9-21-7-10-22(11-8-21)18(24)16-3-5-17(19)6-4-16/h3-6,13H,7-12H2,1-2H3. The Bertz CT molecular complexity index is 702. The number of piperazine rings is 1. The number of aromatic nitrogens is 2. The Hall–Kier alpha value is -2.21. The van der Waals surface area contributed by atoms with Gasteiger partial charge in [0.1, 0.15) is 5.82 Å². The summed E-state index contributed by atoms with van der Waals surface area (Å²) in [5.74, 6) is -0.339. The van der Waals surface area contributed by atoms with E-state index in [1.807, 2.05) is 16.5 Å². The summed E-state index contributed by atoms with van der Waals surface area (Å²) in [6.45, 7) is 8.98. The summed E-state index contributed by atoms with van der Waals surface area (Å²) in [6, 6.07) is 7.84. The molecule has 0 spiro atoms. The maximum Gasteiger partial charge on any atom is 0.253 e. The van der Waals surface area contributed by atoms with Crippen molar-refractivity contribution in [3.05, 3.63) is 53.1 Å². The van der Waals surface area contributed by atoms with Crippen LogP contribution in [0.3, 0.4) is 0 Å². The minimum absolute atomic E-state index is 0.0202. The van der Waals surface area contributed by atoms with Crippen molar-refractivity contribution in [3.8, 4) is 0 Å². The molecule has 0 atom stereocenters. The van der Waals surface area contributed by atoms with Crippen LogP contribution in [0.25, 0.3) is 0 Å². The number of benzene rings is 1. The van der Waals surface area contributed by atoms with Crippen molar-refractivity contribution in [1.29, 1.82) is 0 Å². The van der Waals surface area contributed by atoms with Crippen molar-refractivity contribution in [2.45, 2.75) is 20.4 Å². The zero-order chi connectivity index (χ0) is 17.1. The Labute approximate surface area is 141 Å². The van der Waals surface area contributed by atoms with Crippen LogP contribution >= 0.6 is 0 Å². The molecule has 0 N–H and O–H groups in total. The molecule has 0 unspecified atom stereocenters. The van der Waals surface area contributed by atoms with Crippen molar-refractivity contribution < 1.29 is 9.18 Å². The van der Waals surface area contributed by atoms with Crippen LogP contribution in [0.15, 0.2) is 30.3 Å². The molecule has 0 saturated carbocycles. The van der Waals surface area contributed by atoms with Gasteiger partial charge in [-0.25, -0.2) is 4.39 Å². The molecular weight excluding hydrogens is 307 g/mol. The second-order valence-electron chi connectivity index (χ2n) is 6.29. The SMILES string of the molecule is Cc1cc(C)n(CCN2CCN(C(=O)c3ccc(F)cc3)CC2)n1. The molecule has 24 heavy (non-hydrogen) atoms. The molecule has 0 bridgehead atoms. The van der Waals surface area contributed by atoms with Gasteiger partial charge >= 0.3 is 0 Å². The molecule has 5 nitrogen and oxygen atoms in total. The number of hydrogen-bond acceptors (Lipinski definition) is 3. The first-order chi connectivity index (χ1) is 11.5. The second-order valence-corrected chi connectivity index (χ2v) is 6.29. The number of carbonyl (C=O) groups is 1. The number of carbonyl (C=O) groups excluding carboxylic acids is 1. The zero-order valence-corrected chi connectivity index (χ0v) is 14.2. The van der Waals surface area contributed by atoms with Gasteiger partial charge < -0.3 is 4.90 Å². The fourth-order valence-corrected chi connectivity index (χ4v) is 3.09. The van der Waals surface area contributed by atoms with E-state index in [4.69, 9.17) is 0 Å². The van der Waals surface area contributed by atoms with Crippen molar-refractivity contribution >= 4 is 5.91 Å². The number of rotatable bonds is 4. The third-order valence-corrected chi connectivity index (χ3v) is 4.48. The van der Waals surface area contributed by atoms with E-state index in [2.05, 4.69) is 23.0 Å². The van der Waals surface area contributed by atoms with E-state index in [-0.39, 0.29) is 11.7 Å². The van der Waals surface area contributed by atoms with Crippen LogP contribution in [-0.4, -0.2) is 58.2 Å². The van der Waals surface area contributed by atoms with Crippen molar-refractivity contribution in [3.63, 3.8) is 0 Å². The molecular formula is C18H23FN4O. The molecule has 1 saturated heterocycles. The summed E-state index contributed by atoms with van der Waals surface area (Å²) in [7, 11) is 0. The van der Waals surface area contributed by atoms with Crippen molar-refractivity contribution in [2.24, 2.45) is 0 Å². The van der Waals surface area contributed by atoms with Crippen LogP contribution in [0.4, 0.5) is 4.39 Å². The fourth-order valence-electron chi connectivity index (χ4n) is 3.09. The summed E-state index contributed by atoms with van der Waals surface area (Å²) < 4.78 is 15.0. The molecule has 1 aromatic heterocycles. The summed E-state index contributed by atoms with van der Waals surface area (Å²) in [4.78, 5) is 16.6. The lowest BCUT2D eigenvalue weighted by Gasteiger charge is -2.34. The van der Waals surface area contributed by atoms with Gasteiger partial charge in [-0.05, 0) is 44.2 Å². The maximum atomic E-state index is 13.0. The quantitative estimate of drug-likeness (QED) is 0.862. The lowest BCUT2D eigenvalue weighted by Crippen LogP contribution is -2.49. The van der Waals surface area contributed by atoms with Crippen LogP contribution in [0.2, 0.25) is 0 Å². The van der Waals surface area contributed by atoms with Gasteiger partial charge in [0, 0.05) is 44.0 Å². The van der Waals surface area contributed by atoms with Gasteiger partial charge in [0.2, 0.25) is 0 Å². The van der Waals surface area contributed by atoms with E-state index in [1.165, 1.54) is 17.8 Å². The monoisotopic (exact) mass is 330 g/mol. The van der Waals surface area contributed by atoms with Crippen LogP contribution in [0.5, 0.6) is 0 Å². The minimum atomic E-state index is -0.319. The molecule has 1 aliphatic heterocycles. The lowest BCUT2D eigenvalue weighted by molar-refractivity contribution is 0.0631. The molecule has 0 radical (unpaired) electrons.